The molecule has 1 aromatic rings. The molecule has 0 heterocycles. The van der Waals surface area contributed by atoms with Gasteiger partial charge in [-0.25, -0.2) is 4.79 Å². The SMILES string of the molecule is COc1ccc(C(=O)OCC(=O)N[C@H](C)C23CC4CC(CC(C4)C2)C3)cc1. The van der Waals surface area contributed by atoms with Gasteiger partial charge in [0.2, 0.25) is 0 Å². The summed E-state index contributed by atoms with van der Waals surface area (Å²) in [6.07, 6.45) is 7.89. The smallest absolute Gasteiger partial charge is 0.338 e. The van der Waals surface area contributed by atoms with Crippen molar-refractivity contribution in [2.24, 2.45) is 23.2 Å². The second-order valence-electron chi connectivity index (χ2n) is 8.87. The van der Waals surface area contributed by atoms with E-state index in [9.17, 15) is 9.59 Å². The maximum atomic E-state index is 12.4. The van der Waals surface area contributed by atoms with Crippen LogP contribution < -0.4 is 10.1 Å². The summed E-state index contributed by atoms with van der Waals surface area (Å²) in [5.41, 5.74) is 0.669. The van der Waals surface area contributed by atoms with Gasteiger partial charge in [0.05, 0.1) is 12.7 Å². The average molecular weight is 371 g/mol. The van der Waals surface area contributed by atoms with Gasteiger partial charge in [0, 0.05) is 6.04 Å². The van der Waals surface area contributed by atoms with E-state index < -0.39 is 5.97 Å². The van der Waals surface area contributed by atoms with Crippen LogP contribution in [-0.4, -0.2) is 31.6 Å². The second kappa shape index (κ2) is 7.17. The molecule has 146 valence electrons. The number of esters is 1. The summed E-state index contributed by atoms with van der Waals surface area (Å²) in [5.74, 6) is 2.53. The highest BCUT2D eigenvalue weighted by molar-refractivity contribution is 5.91. The molecular weight excluding hydrogens is 342 g/mol. The number of carbonyl (C=O) groups is 2. The summed E-state index contributed by atoms with van der Waals surface area (Å²) >= 11 is 0. The van der Waals surface area contributed by atoms with E-state index in [0.717, 1.165) is 17.8 Å². The van der Waals surface area contributed by atoms with Crippen LogP contribution in [0.5, 0.6) is 5.75 Å². The fourth-order valence-electron chi connectivity index (χ4n) is 6.09. The number of rotatable bonds is 6. The zero-order chi connectivity index (χ0) is 19.0. The lowest BCUT2D eigenvalue weighted by Crippen LogP contribution is -2.56. The molecule has 0 aromatic heterocycles. The minimum Gasteiger partial charge on any atom is -0.497 e. The highest BCUT2D eigenvalue weighted by Gasteiger charge is 2.53. The van der Waals surface area contributed by atoms with Crippen LogP contribution in [0.15, 0.2) is 24.3 Å². The first kappa shape index (κ1) is 18.3. The Morgan fingerprint density at radius 2 is 1.63 bits per heavy atom. The fourth-order valence-corrected chi connectivity index (χ4v) is 6.09. The van der Waals surface area contributed by atoms with Gasteiger partial charge in [0.25, 0.3) is 5.91 Å². The third-order valence-electron chi connectivity index (χ3n) is 7.04. The van der Waals surface area contributed by atoms with Crippen LogP contribution in [0.2, 0.25) is 0 Å². The van der Waals surface area contributed by atoms with Crippen molar-refractivity contribution >= 4 is 11.9 Å². The van der Waals surface area contributed by atoms with Gasteiger partial charge >= 0.3 is 5.97 Å². The Labute approximate surface area is 160 Å². The molecule has 0 unspecified atom stereocenters. The van der Waals surface area contributed by atoms with Crippen molar-refractivity contribution < 1.29 is 19.1 Å². The second-order valence-corrected chi connectivity index (χ2v) is 8.87. The van der Waals surface area contributed by atoms with Crippen LogP contribution in [0.3, 0.4) is 0 Å². The molecule has 4 fully saturated rings. The maximum absolute atomic E-state index is 12.4. The standard InChI is InChI=1S/C22H29NO4/c1-14(22-10-15-7-16(11-22)9-17(8-15)12-22)23-20(24)13-27-21(25)18-3-5-19(26-2)6-4-18/h3-6,14-17H,7-13H2,1-2H3,(H,23,24)/t14-,15?,16?,17?,22?/m1/s1. The van der Waals surface area contributed by atoms with Gasteiger partial charge in [-0.1, -0.05) is 0 Å². The summed E-state index contributed by atoms with van der Waals surface area (Å²) in [6.45, 7) is 1.90. The number of benzene rings is 1. The molecule has 4 aliphatic carbocycles. The molecule has 0 saturated heterocycles. The van der Waals surface area contributed by atoms with Crippen LogP contribution in [0.1, 0.15) is 55.8 Å². The topological polar surface area (TPSA) is 64.6 Å². The molecule has 1 amide bonds. The van der Waals surface area contributed by atoms with Gasteiger partial charge in [-0.05, 0) is 92.9 Å². The van der Waals surface area contributed by atoms with E-state index in [-0.39, 0.29) is 24.0 Å². The average Bonchev–Trinajstić information content (AvgIpc) is 2.65. The van der Waals surface area contributed by atoms with Crippen LogP contribution in [0.4, 0.5) is 0 Å². The molecule has 0 aliphatic heterocycles. The lowest BCUT2D eigenvalue weighted by Gasteiger charge is -2.59. The van der Waals surface area contributed by atoms with Gasteiger partial charge in [0.1, 0.15) is 5.75 Å². The van der Waals surface area contributed by atoms with Crippen LogP contribution in [0.25, 0.3) is 0 Å². The normalized spacial score (nSPS) is 32.0. The molecule has 4 saturated carbocycles. The molecule has 0 radical (unpaired) electrons. The number of hydrogen-bond donors (Lipinski definition) is 1. The Bertz CT molecular complexity index is 676. The van der Waals surface area contributed by atoms with Gasteiger partial charge in [-0.15, -0.1) is 0 Å². The van der Waals surface area contributed by atoms with Crippen molar-refractivity contribution in [2.75, 3.05) is 13.7 Å². The zero-order valence-corrected chi connectivity index (χ0v) is 16.2. The Balaban J connectivity index is 1.29. The molecule has 4 aliphatic rings. The summed E-state index contributed by atoms with van der Waals surface area (Å²) in [7, 11) is 1.57. The monoisotopic (exact) mass is 371 g/mol. The number of methoxy groups -OCH3 is 1. The number of nitrogens with one attached hydrogen (secondary N) is 1. The lowest BCUT2D eigenvalue weighted by atomic mass is 9.48. The minimum absolute atomic E-state index is 0.137. The van der Waals surface area contributed by atoms with Crippen LogP contribution in [0, 0.1) is 23.2 Å². The maximum Gasteiger partial charge on any atom is 0.338 e. The molecule has 1 aromatic carbocycles. The van der Waals surface area contributed by atoms with E-state index in [4.69, 9.17) is 9.47 Å². The molecule has 4 bridgehead atoms. The molecule has 5 heteroatoms. The molecule has 27 heavy (non-hydrogen) atoms. The molecule has 5 nitrogen and oxygen atoms in total. The summed E-state index contributed by atoms with van der Waals surface area (Å²) < 4.78 is 10.3. The Morgan fingerprint density at radius 3 is 2.15 bits per heavy atom. The van der Waals surface area contributed by atoms with E-state index in [0.29, 0.717) is 11.3 Å². The number of amides is 1. The van der Waals surface area contributed by atoms with E-state index in [1.54, 1.807) is 31.4 Å². The molecule has 5 rings (SSSR count). The molecule has 1 N–H and O–H groups in total. The van der Waals surface area contributed by atoms with Gasteiger partial charge in [-0.2, -0.15) is 0 Å². The third-order valence-corrected chi connectivity index (χ3v) is 7.04. The first-order valence-corrected chi connectivity index (χ1v) is 10.1. The molecule has 0 spiro atoms. The highest BCUT2D eigenvalue weighted by atomic mass is 16.5. The van der Waals surface area contributed by atoms with E-state index >= 15 is 0 Å². The highest BCUT2D eigenvalue weighted by Crippen LogP contribution is 2.61. The first-order valence-electron chi connectivity index (χ1n) is 10.1. The predicted molar refractivity (Wildman–Crippen MR) is 101 cm³/mol. The van der Waals surface area contributed by atoms with Crippen molar-refractivity contribution in [1.82, 2.24) is 5.32 Å². The molecular formula is C22H29NO4. The van der Waals surface area contributed by atoms with E-state index in [2.05, 4.69) is 12.2 Å². The minimum atomic E-state index is -0.490. The van der Waals surface area contributed by atoms with Crippen molar-refractivity contribution in [3.8, 4) is 5.75 Å². The number of carbonyl (C=O) groups excluding carboxylic acids is 2. The largest absolute Gasteiger partial charge is 0.497 e. The Morgan fingerprint density at radius 1 is 1.07 bits per heavy atom. The number of hydrogen-bond acceptors (Lipinski definition) is 4. The van der Waals surface area contributed by atoms with Crippen molar-refractivity contribution in [1.29, 1.82) is 0 Å². The summed E-state index contributed by atoms with van der Waals surface area (Å²) in [6, 6.07) is 6.81. The fraction of sp³-hybridized carbons (Fsp3) is 0.636. The Kier molecular flexibility index (Phi) is 4.87. The predicted octanol–water partition coefficient (Wildman–Crippen LogP) is 3.57. The van der Waals surface area contributed by atoms with E-state index in [1.807, 2.05) is 0 Å². The quantitative estimate of drug-likeness (QED) is 0.777. The molecule has 1 atom stereocenters. The zero-order valence-electron chi connectivity index (χ0n) is 16.2. The summed E-state index contributed by atoms with van der Waals surface area (Å²) in [5, 5.41) is 3.13. The van der Waals surface area contributed by atoms with Crippen molar-refractivity contribution in [3.63, 3.8) is 0 Å². The summed E-state index contributed by atoms with van der Waals surface area (Å²) in [4.78, 5) is 24.5. The van der Waals surface area contributed by atoms with Crippen LogP contribution >= 0.6 is 0 Å². The number of ether oxygens (including phenoxy) is 2. The van der Waals surface area contributed by atoms with Crippen molar-refractivity contribution in [3.05, 3.63) is 29.8 Å². The third kappa shape index (κ3) is 3.69. The van der Waals surface area contributed by atoms with Crippen molar-refractivity contribution in [2.45, 2.75) is 51.5 Å². The van der Waals surface area contributed by atoms with E-state index in [1.165, 1.54) is 38.5 Å². The van der Waals surface area contributed by atoms with Gasteiger partial charge in [0.15, 0.2) is 6.61 Å². The van der Waals surface area contributed by atoms with Gasteiger partial charge in [-0.3, -0.25) is 4.79 Å². The van der Waals surface area contributed by atoms with Crippen LogP contribution in [-0.2, 0) is 9.53 Å². The van der Waals surface area contributed by atoms with Gasteiger partial charge < -0.3 is 14.8 Å². The lowest BCUT2D eigenvalue weighted by molar-refractivity contribution is -0.128. The Hall–Kier alpha value is -2.04. The first-order chi connectivity index (χ1) is 13.0.